The van der Waals surface area contributed by atoms with E-state index in [0.717, 1.165) is 0 Å². The molecular formula is C26H24N6O2S2. The van der Waals surface area contributed by atoms with E-state index in [1.165, 1.54) is 23.5 Å². The number of thioether (sulfide) groups is 2. The number of aromatic nitrogens is 2. The molecule has 0 aliphatic carbocycles. The minimum atomic E-state index is -0.178. The molecule has 2 aromatic heterocycles. The maximum absolute atomic E-state index is 12.9. The molecule has 10 heteroatoms. The van der Waals surface area contributed by atoms with Crippen LogP contribution in [0.5, 0.6) is 0 Å². The van der Waals surface area contributed by atoms with Crippen LogP contribution in [0, 0.1) is 0 Å². The zero-order valence-electron chi connectivity index (χ0n) is 19.5. The fourth-order valence-corrected chi connectivity index (χ4v) is 5.31. The number of aliphatic imine (C=N–C) groups is 2. The van der Waals surface area contributed by atoms with Gasteiger partial charge in [0.2, 0.25) is 0 Å². The van der Waals surface area contributed by atoms with Gasteiger partial charge in [0, 0.05) is 37.0 Å². The van der Waals surface area contributed by atoms with Crippen LogP contribution < -0.4 is 0 Å². The molecule has 0 unspecified atom stereocenters. The van der Waals surface area contributed by atoms with Gasteiger partial charge in [-0.1, -0.05) is 47.8 Å². The van der Waals surface area contributed by atoms with E-state index in [-0.39, 0.29) is 11.8 Å². The molecule has 36 heavy (non-hydrogen) atoms. The summed E-state index contributed by atoms with van der Waals surface area (Å²) in [6.07, 6.45) is 10.1. The van der Waals surface area contributed by atoms with Crippen molar-refractivity contribution >= 4 is 57.8 Å². The van der Waals surface area contributed by atoms with E-state index in [9.17, 15) is 9.59 Å². The largest absolute Gasteiger partial charge is 0.282 e. The maximum Gasteiger partial charge on any atom is 0.278 e. The SMILES string of the molecule is C=CCN1C(=O)/C(=C/c2ccccn2)N=C1SCCSC1=N/C(=C\c2ccccn2)C(=O)N1CC=C. The zero-order chi connectivity index (χ0) is 25.3. The lowest BCUT2D eigenvalue weighted by molar-refractivity contribution is -0.123. The summed E-state index contributed by atoms with van der Waals surface area (Å²) in [5, 5.41) is 1.23. The third-order valence-corrected chi connectivity index (χ3v) is 7.15. The van der Waals surface area contributed by atoms with Gasteiger partial charge in [0.1, 0.15) is 11.4 Å². The van der Waals surface area contributed by atoms with Crippen LogP contribution in [0.15, 0.2) is 95.5 Å². The maximum atomic E-state index is 12.9. The summed E-state index contributed by atoms with van der Waals surface area (Å²) in [5.41, 5.74) is 2.03. The van der Waals surface area contributed by atoms with Gasteiger partial charge in [-0.3, -0.25) is 29.4 Å². The van der Waals surface area contributed by atoms with E-state index in [1.807, 2.05) is 36.4 Å². The standard InChI is InChI=1S/C26H24N6O2S2/c1-3-13-31-23(33)21(17-19-9-5-7-11-27-19)29-25(31)35-15-16-36-26-30-22(24(34)32(26)14-4-2)18-20-10-6-8-12-28-20/h3-12,17-18H,1-2,13-16H2/b21-17-,22-18-. The highest BCUT2D eigenvalue weighted by atomic mass is 32.2. The lowest BCUT2D eigenvalue weighted by Gasteiger charge is -2.16. The minimum absolute atomic E-state index is 0.178. The monoisotopic (exact) mass is 516 g/mol. The summed E-state index contributed by atoms with van der Waals surface area (Å²) >= 11 is 2.95. The van der Waals surface area contributed by atoms with Gasteiger partial charge in [-0.2, -0.15) is 0 Å². The predicted molar refractivity (Wildman–Crippen MR) is 148 cm³/mol. The lowest BCUT2D eigenvalue weighted by atomic mass is 10.3. The number of nitrogens with zero attached hydrogens (tertiary/aromatic N) is 6. The first kappa shape index (κ1) is 25.3. The van der Waals surface area contributed by atoms with Gasteiger partial charge in [0.05, 0.1) is 11.4 Å². The van der Waals surface area contributed by atoms with E-state index in [4.69, 9.17) is 0 Å². The van der Waals surface area contributed by atoms with E-state index >= 15 is 0 Å². The molecule has 2 aliphatic rings. The Balaban J connectivity index is 1.42. The molecule has 0 fully saturated rings. The molecule has 0 spiro atoms. The van der Waals surface area contributed by atoms with Crippen LogP contribution in [0.4, 0.5) is 0 Å². The number of carbonyl (C=O) groups excluding carboxylic acids is 2. The Kier molecular flexibility index (Phi) is 8.64. The van der Waals surface area contributed by atoms with Crippen molar-refractivity contribution in [3.05, 3.63) is 96.9 Å². The van der Waals surface area contributed by atoms with Crippen molar-refractivity contribution in [2.75, 3.05) is 24.6 Å². The van der Waals surface area contributed by atoms with Crippen molar-refractivity contribution in [3.63, 3.8) is 0 Å². The van der Waals surface area contributed by atoms with Crippen LogP contribution in [0.1, 0.15) is 11.4 Å². The first-order chi connectivity index (χ1) is 17.6. The number of amides is 2. The second-order valence-corrected chi connectivity index (χ2v) is 9.59. The van der Waals surface area contributed by atoms with Crippen LogP contribution in [-0.4, -0.2) is 66.5 Å². The summed E-state index contributed by atoms with van der Waals surface area (Å²) < 4.78 is 0. The topological polar surface area (TPSA) is 91.1 Å². The second-order valence-electron chi connectivity index (χ2n) is 7.46. The molecule has 2 amide bonds. The van der Waals surface area contributed by atoms with Crippen LogP contribution in [0.25, 0.3) is 12.2 Å². The highest BCUT2D eigenvalue weighted by Crippen LogP contribution is 2.27. The van der Waals surface area contributed by atoms with Crippen molar-refractivity contribution in [3.8, 4) is 0 Å². The number of pyridine rings is 2. The van der Waals surface area contributed by atoms with E-state index in [2.05, 4.69) is 33.1 Å². The van der Waals surface area contributed by atoms with Gasteiger partial charge in [-0.25, -0.2) is 9.98 Å². The van der Waals surface area contributed by atoms with Crippen LogP contribution >= 0.6 is 23.5 Å². The summed E-state index contributed by atoms with van der Waals surface area (Å²) in [6, 6.07) is 11.0. The van der Waals surface area contributed by atoms with E-state index < -0.39 is 0 Å². The molecule has 182 valence electrons. The summed E-state index contributed by atoms with van der Waals surface area (Å²) in [6.45, 7) is 8.25. The second kappa shape index (κ2) is 12.3. The Morgan fingerprint density at radius 3 is 1.53 bits per heavy atom. The number of hydrogen-bond acceptors (Lipinski definition) is 8. The quantitative estimate of drug-likeness (QED) is 0.283. The predicted octanol–water partition coefficient (Wildman–Crippen LogP) is 4.09. The number of hydrogen-bond donors (Lipinski definition) is 0. The summed E-state index contributed by atoms with van der Waals surface area (Å²) in [7, 11) is 0. The molecule has 4 rings (SSSR count). The molecule has 2 aromatic rings. The van der Waals surface area contributed by atoms with E-state index in [0.29, 0.717) is 57.7 Å². The molecule has 0 saturated carbocycles. The first-order valence-corrected chi connectivity index (χ1v) is 13.1. The molecule has 2 aliphatic heterocycles. The average molecular weight is 517 g/mol. The lowest BCUT2D eigenvalue weighted by Crippen LogP contribution is -2.31. The van der Waals surface area contributed by atoms with Crippen LogP contribution in [-0.2, 0) is 9.59 Å². The highest BCUT2D eigenvalue weighted by molar-refractivity contribution is 8.17. The van der Waals surface area contributed by atoms with Gasteiger partial charge in [-0.05, 0) is 36.4 Å². The normalized spacial score (nSPS) is 17.7. The number of amidine groups is 2. The van der Waals surface area contributed by atoms with Gasteiger partial charge in [0.25, 0.3) is 11.8 Å². The Morgan fingerprint density at radius 1 is 0.722 bits per heavy atom. The van der Waals surface area contributed by atoms with Gasteiger partial charge >= 0.3 is 0 Å². The zero-order valence-corrected chi connectivity index (χ0v) is 21.1. The molecule has 0 bridgehead atoms. The van der Waals surface area contributed by atoms with Crippen LogP contribution in [0.2, 0.25) is 0 Å². The Hall–Kier alpha value is -3.76. The molecule has 4 heterocycles. The third kappa shape index (κ3) is 6.07. The molecular weight excluding hydrogens is 492 g/mol. The van der Waals surface area contributed by atoms with Crippen molar-refractivity contribution in [1.82, 2.24) is 19.8 Å². The molecule has 0 radical (unpaired) electrons. The van der Waals surface area contributed by atoms with Crippen molar-refractivity contribution in [2.24, 2.45) is 9.98 Å². The Morgan fingerprint density at radius 2 is 1.17 bits per heavy atom. The smallest absolute Gasteiger partial charge is 0.278 e. The number of carbonyl (C=O) groups is 2. The Bertz CT molecular complexity index is 1170. The third-order valence-electron chi connectivity index (χ3n) is 4.94. The molecule has 0 N–H and O–H groups in total. The van der Waals surface area contributed by atoms with E-state index in [1.54, 1.807) is 46.5 Å². The van der Waals surface area contributed by atoms with Gasteiger partial charge < -0.3 is 0 Å². The van der Waals surface area contributed by atoms with Crippen molar-refractivity contribution < 1.29 is 9.59 Å². The molecule has 0 saturated heterocycles. The van der Waals surface area contributed by atoms with Gasteiger partial charge in [-0.15, -0.1) is 13.2 Å². The molecule has 8 nitrogen and oxygen atoms in total. The van der Waals surface area contributed by atoms with Crippen molar-refractivity contribution in [1.29, 1.82) is 0 Å². The van der Waals surface area contributed by atoms with Gasteiger partial charge in [0.15, 0.2) is 10.3 Å². The molecule has 0 aromatic carbocycles. The van der Waals surface area contributed by atoms with Crippen LogP contribution in [0.3, 0.4) is 0 Å². The highest BCUT2D eigenvalue weighted by Gasteiger charge is 2.31. The molecule has 0 atom stereocenters. The first-order valence-electron chi connectivity index (χ1n) is 11.1. The van der Waals surface area contributed by atoms with Crippen molar-refractivity contribution in [2.45, 2.75) is 0 Å². The fourth-order valence-electron chi connectivity index (χ4n) is 3.33. The average Bonchev–Trinajstić information content (AvgIpc) is 3.34. The summed E-state index contributed by atoms with van der Waals surface area (Å²) in [4.78, 5) is 46.5. The Labute approximate surface area is 218 Å². The summed E-state index contributed by atoms with van der Waals surface area (Å²) in [5.74, 6) is 0.969. The minimum Gasteiger partial charge on any atom is -0.282 e. The fraction of sp³-hybridized carbons (Fsp3) is 0.154. The number of rotatable bonds is 9.